The minimum absolute atomic E-state index is 0.521. The summed E-state index contributed by atoms with van der Waals surface area (Å²) in [5, 5.41) is 13.3. The van der Waals surface area contributed by atoms with Crippen molar-refractivity contribution in [2.24, 2.45) is 0 Å². The molecule has 80 valence electrons. The van der Waals surface area contributed by atoms with Crippen molar-refractivity contribution in [3.8, 4) is 6.07 Å². The van der Waals surface area contributed by atoms with Crippen molar-refractivity contribution >= 4 is 29.1 Å². The van der Waals surface area contributed by atoms with E-state index in [4.69, 9.17) is 16.9 Å². The van der Waals surface area contributed by atoms with Crippen molar-refractivity contribution < 1.29 is 0 Å². The number of thioether (sulfide) groups is 1. The monoisotopic (exact) mass is 240 g/mol. The van der Waals surface area contributed by atoms with Gasteiger partial charge in [0, 0.05) is 16.8 Å². The predicted octanol–water partition coefficient (Wildman–Crippen LogP) is 3.38. The SMILES string of the molecule is CSC(C)CNc1ccc(Cl)cc1C#N. The van der Waals surface area contributed by atoms with Crippen LogP contribution in [0.15, 0.2) is 18.2 Å². The van der Waals surface area contributed by atoms with Gasteiger partial charge < -0.3 is 5.32 Å². The summed E-state index contributed by atoms with van der Waals surface area (Å²) >= 11 is 7.59. The molecule has 1 unspecified atom stereocenters. The number of nitrogens with one attached hydrogen (secondary N) is 1. The predicted molar refractivity (Wildman–Crippen MR) is 67.6 cm³/mol. The number of benzene rings is 1. The topological polar surface area (TPSA) is 35.8 Å². The summed E-state index contributed by atoms with van der Waals surface area (Å²) in [6.45, 7) is 2.98. The highest BCUT2D eigenvalue weighted by molar-refractivity contribution is 7.99. The van der Waals surface area contributed by atoms with Crippen LogP contribution in [0.1, 0.15) is 12.5 Å². The summed E-state index contributed by atoms with van der Waals surface area (Å²) in [6, 6.07) is 7.43. The molecule has 1 aromatic carbocycles. The molecule has 0 heterocycles. The second-order valence-corrected chi connectivity index (χ2v) is 4.94. The number of halogens is 1. The molecule has 0 saturated carbocycles. The van der Waals surface area contributed by atoms with Crippen LogP contribution in [-0.2, 0) is 0 Å². The van der Waals surface area contributed by atoms with Gasteiger partial charge >= 0.3 is 0 Å². The molecule has 0 aliphatic heterocycles. The van der Waals surface area contributed by atoms with Crippen LogP contribution in [-0.4, -0.2) is 18.1 Å². The van der Waals surface area contributed by atoms with Crippen molar-refractivity contribution in [3.63, 3.8) is 0 Å². The Balaban J connectivity index is 2.73. The maximum Gasteiger partial charge on any atom is 0.101 e. The van der Waals surface area contributed by atoms with Crippen LogP contribution in [0.25, 0.3) is 0 Å². The summed E-state index contributed by atoms with van der Waals surface area (Å²) in [4.78, 5) is 0. The maximum absolute atomic E-state index is 8.91. The molecule has 15 heavy (non-hydrogen) atoms. The highest BCUT2D eigenvalue weighted by Gasteiger charge is 2.04. The second-order valence-electron chi connectivity index (χ2n) is 3.23. The van der Waals surface area contributed by atoms with E-state index >= 15 is 0 Å². The Morgan fingerprint density at radius 1 is 1.60 bits per heavy atom. The number of nitriles is 1. The van der Waals surface area contributed by atoms with Crippen LogP contribution in [0.5, 0.6) is 0 Å². The van der Waals surface area contributed by atoms with Gasteiger partial charge in [-0.2, -0.15) is 17.0 Å². The zero-order valence-corrected chi connectivity index (χ0v) is 10.3. The van der Waals surface area contributed by atoms with Gasteiger partial charge in [-0.15, -0.1) is 0 Å². The molecule has 4 heteroatoms. The van der Waals surface area contributed by atoms with Crippen LogP contribution in [0.4, 0.5) is 5.69 Å². The van der Waals surface area contributed by atoms with Crippen molar-refractivity contribution in [3.05, 3.63) is 28.8 Å². The Hall–Kier alpha value is -0.850. The van der Waals surface area contributed by atoms with Gasteiger partial charge in [0.2, 0.25) is 0 Å². The highest BCUT2D eigenvalue weighted by Crippen LogP contribution is 2.20. The van der Waals surface area contributed by atoms with E-state index in [0.717, 1.165) is 12.2 Å². The average Bonchev–Trinajstić information content (AvgIpc) is 2.26. The molecule has 0 aliphatic rings. The lowest BCUT2D eigenvalue weighted by atomic mass is 10.2. The first-order chi connectivity index (χ1) is 7.17. The Labute approximate surface area is 99.6 Å². The highest BCUT2D eigenvalue weighted by atomic mass is 35.5. The molecule has 2 nitrogen and oxygen atoms in total. The molecule has 0 bridgehead atoms. The lowest BCUT2D eigenvalue weighted by molar-refractivity contribution is 1.00. The second kappa shape index (κ2) is 5.89. The molecule has 0 saturated heterocycles. The Bertz CT molecular complexity index is 373. The summed E-state index contributed by atoms with van der Waals surface area (Å²) in [6.07, 6.45) is 2.07. The quantitative estimate of drug-likeness (QED) is 0.877. The Morgan fingerprint density at radius 3 is 2.93 bits per heavy atom. The molecule has 0 aromatic heterocycles. The summed E-state index contributed by atoms with van der Waals surface area (Å²) in [5.74, 6) is 0. The first-order valence-corrected chi connectivity index (χ1v) is 6.30. The first kappa shape index (κ1) is 12.2. The largest absolute Gasteiger partial charge is 0.383 e. The van der Waals surface area contributed by atoms with E-state index < -0.39 is 0 Å². The molecule has 1 N–H and O–H groups in total. The minimum atomic E-state index is 0.521. The van der Waals surface area contributed by atoms with Gasteiger partial charge in [-0.1, -0.05) is 18.5 Å². The third-order valence-electron chi connectivity index (χ3n) is 2.08. The lowest BCUT2D eigenvalue weighted by Crippen LogP contribution is -2.13. The van der Waals surface area contributed by atoms with Gasteiger partial charge in [-0.3, -0.25) is 0 Å². The standard InChI is InChI=1S/C11H13ClN2S/c1-8(15-2)7-14-11-4-3-10(12)5-9(11)6-13/h3-5,8,14H,7H2,1-2H3. The summed E-state index contributed by atoms with van der Waals surface area (Å²) < 4.78 is 0. The zero-order chi connectivity index (χ0) is 11.3. The lowest BCUT2D eigenvalue weighted by Gasteiger charge is -2.12. The Morgan fingerprint density at radius 2 is 2.33 bits per heavy atom. The third-order valence-corrected chi connectivity index (χ3v) is 3.29. The molecule has 1 atom stereocenters. The van der Waals surface area contributed by atoms with Crippen molar-refractivity contribution in [1.82, 2.24) is 0 Å². The van der Waals surface area contributed by atoms with E-state index in [2.05, 4.69) is 24.6 Å². The molecule has 1 aromatic rings. The number of rotatable bonds is 4. The van der Waals surface area contributed by atoms with Gasteiger partial charge in [0.05, 0.1) is 11.3 Å². The van der Waals surface area contributed by atoms with E-state index in [1.165, 1.54) is 0 Å². The summed E-state index contributed by atoms with van der Waals surface area (Å²) in [7, 11) is 0. The number of hydrogen-bond donors (Lipinski definition) is 1. The van der Waals surface area contributed by atoms with E-state index in [-0.39, 0.29) is 0 Å². The van der Waals surface area contributed by atoms with Crippen molar-refractivity contribution in [2.75, 3.05) is 18.1 Å². The first-order valence-electron chi connectivity index (χ1n) is 4.63. The fourth-order valence-electron chi connectivity index (χ4n) is 1.10. The fourth-order valence-corrected chi connectivity index (χ4v) is 1.52. The minimum Gasteiger partial charge on any atom is -0.383 e. The number of anilines is 1. The summed E-state index contributed by atoms with van der Waals surface area (Å²) in [5.41, 5.74) is 1.44. The van der Waals surface area contributed by atoms with Gasteiger partial charge in [0.1, 0.15) is 6.07 Å². The van der Waals surface area contributed by atoms with Gasteiger partial charge in [0.15, 0.2) is 0 Å². The molecule has 1 rings (SSSR count). The Kier molecular flexibility index (Phi) is 4.80. The average molecular weight is 241 g/mol. The van der Waals surface area contributed by atoms with Crippen LogP contribution < -0.4 is 5.32 Å². The number of hydrogen-bond acceptors (Lipinski definition) is 3. The van der Waals surface area contributed by atoms with Crippen LogP contribution in [0.3, 0.4) is 0 Å². The zero-order valence-electron chi connectivity index (χ0n) is 8.75. The van der Waals surface area contributed by atoms with E-state index in [1.807, 2.05) is 6.07 Å². The number of nitrogens with zero attached hydrogens (tertiary/aromatic N) is 1. The smallest absolute Gasteiger partial charge is 0.101 e. The van der Waals surface area contributed by atoms with Crippen LogP contribution in [0.2, 0.25) is 5.02 Å². The molecule has 0 spiro atoms. The fraction of sp³-hybridized carbons (Fsp3) is 0.364. The normalized spacial score (nSPS) is 11.9. The van der Waals surface area contributed by atoms with Gasteiger partial charge in [0.25, 0.3) is 0 Å². The molecule has 0 amide bonds. The molecule has 0 aliphatic carbocycles. The van der Waals surface area contributed by atoms with Crippen molar-refractivity contribution in [2.45, 2.75) is 12.2 Å². The van der Waals surface area contributed by atoms with E-state index in [9.17, 15) is 0 Å². The van der Waals surface area contributed by atoms with Gasteiger partial charge in [-0.25, -0.2) is 0 Å². The van der Waals surface area contributed by atoms with Crippen molar-refractivity contribution in [1.29, 1.82) is 5.26 Å². The molecule has 0 fully saturated rings. The van der Waals surface area contributed by atoms with E-state index in [0.29, 0.717) is 15.8 Å². The van der Waals surface area contributed by atoms with Gasteiger partial charge in [-0.05, 0) is 24.5 Å². The van der Waals surface area contributed by atoms with Crippen LogP contribution >= 0.6 is 23.4 Å². The molecular formula is C11H13ClN2S. The third kappa shape index (κ3) is 3.65. The molecule has 0 radical (unpaired) electrons. The van der Waals surface area contributed by atoms with E-state index in [1.54, 1.807) is 23.9 Å². The maximum atomic E-state index is 8.91. The molecular weight excluding hydrogens is 228 g/mol. The van der Waals surface area contributed by atoms with Crippen LogP contribution in [0, 0.1) is 11.3 Å².